The van der Waals surface area contributed by atoms with Crippen LogP contribution in [0.4, 0.5) is 9.80 Å². The van der Waals surface area contributed by atoms with E-state index in [1.807, 2.05) is 54.6 Å². The van der Waals surface area contributed by atoms with Gasteiger partial charge in [0.25, 0.3) is 5.91 Å². The second-order valence-electron chi connectivity index (χ2n) is 10.2. The molecule has 5 N–H and O–H groups in total. The Morgan fingerprint density at radius 2 is 1.56 bits per heavy atom. The van der Waals surface area contributed by atoms with Crippen molar-refractivity contribution in [3.8, 4) is 0 Å². The minimum atomic E-state index is -1.05. The van der Waals surface area contributed by atoms with Gasteiger partial charge in [0, 0.05) is 6.54 Å². The molecule has 0 aliphatic rings. The summed E-state index contributed by atoms with van der Waals surface area (Å²) in [6.07, 6.45) is -0.298. The number of hydrogen-bond acceptors (Lipinski definition) is 5. The Kier molecular flexibility index (Phi) is 9.84. The van der Waals surface area contributed by atoms with Crippen molar-refractivity contribution in [1.82, 2.24) is 16.0 Å². The van der Waals surface area contributed by atoms with Crippen molar-refractivity contribution in [3.05, 3.63) is 88.3 Å². The fourth-order valence-electron chi connectivity index (χ4n) is 3.73. The highest BCUT2D eigenvalue weighted by atomic mass is 32.1. The van der Waals surface area contributed by atoms with E-state index in [1.54, 1.807) is 12.1 Å². The molecule has 9 nitrogen and oxygen atoms in total. The number of hydrogen-bond donors (Lipinski definition) is 5. The zero-order valence-electron chi connectivity index (χ0n) is 22.4. The van der Waals surface area contributed by atoms with Gasteiger partial charge in [0.2, 0.25) is 5.91 Å². The zero-order chi connectivity index (χ0) is 28.6. The van der Waals surface area contributed by atoms with E-state index in [0.717, 1.165) is 22.5 Å². The lowest BCUT2D eigenvalue weighted by molar-refractivity contribution is -0.137. The van der Waals surface area contributed by atoms with Crippen LogP contribution in [0, 0.1) is 0 Å². The number of amides is 4. The van der Waals surface area contributed by atoms with Gasteiger partial charge in [-0.05, 0) is 41.2 Å². The van der Waals surface area contributed by atoms with Crippen molar-refractivity contribution in [1.29, 1.82) is 0 Å². The molecule has 0 fully saturated rings. The van der Waals surface area contributed by atoms with Crippen LogP contribution in [0.1, 0.15) is 66.5 Å². The molecule has 0 bridgehead atoms. The number of anilines is 1. The van der Waals surface area contributed by atoms with Crippen molar-refractivity contribution in [2.45, 2.75) is 58.2 Å². The maximum atomic E-state index is 12.9. The molecule has 2 atom stereocenters. The Morgan fingerprint density at radius 3 is 2.18 bits per heavy atom. The highest BCUT2D eigenvalue weighted by molar-refractivity contribution is 7.18. The monoisotopic (exact) mass is 550 g/mol. The summed E-state index contributed by atoms with van der Waals surface area (Å²) in [6, 6.07) is 18.0. The van der Waals surface area contributed by atoms with E-state index in [-0.39, 0.29) is 11.8 Å². The summed E-state index contributed by atoms with van der Waals surface area (Å²) in [5.74, 6) is -2.04. The molecule has 1 aromatic heterocycles. The molecule has 0 aliphatic heterocycles. The number of carbonyl (C=O) groups is 4. The third-order valence-corrected chi connectivity index (χ3v) is 6.98. The van der Waals surface area contributed by atoms with E-state index in [4.69, 9.17) is 0 Å². The van der Waals surface area contributed by atoms with E-state index in [1.165, 1.54) is 6.92 Å². The smallest absolute Gasteiger partial charge is 0.320 e. The largest absolute Gasteiger partial charge is 0.481 e. The molecule has 4 amide bonds. The lowest BCUT2D eigenvalue weighted by atomic mass is 9.86. The van der Waals surface area contributed by atoms with Gasteiger partial charge in [0.15, 0.2) is 0 Å². The van der Waals surface area contributed by atoms with Gasteiger partial charge < -0.3 is 21.1 Å². The number of carbonyl (C=O) groups excluding carboxylic acids is 3. The highest BCUT2D eigenvalue weighted by Crippen LogP contribution is 2.25. The lowest BCUT2D eigenvalue weighted by Gasteiger charge is -2.23. The first-order chi connectivity index (χ1) is 18.4. The van der Waals surface area contributed by atoms with Crippen LogP contribution in [0.3, 0.4) is 0 Å². The van der Waals surface area contributed by atoms with Gasteiger partial charge in [-0.3, -0.25) is 19.7 Å². The molecular formula is C29H34N4O5S. The topological polar surface area (TPSA) is 137 Å². The summed E-state index contributed by atoms with van der Waals surface area (Å²) in [4.78, 5) is 49.6. The Labute approximate surface area is 232 Å². The van der Waals surface area contributed by atoms with Crippen molar-refractivity contribution in [2.75, 3.05) is 5.32 Å². The van der Waals surface area contributed by atoms with E-state index in [0.29, 0.717) is 22.0 Å². The predicted octanol–water partition coefficient (Wildman–Crippen LogP) is 4.82. The van der Waals surface area contributed by atoms with Crippen LogP contribution in [-0.2, 0) is 21.5 Å². The Bertz CT molecular complexity index is 1300. The summed E-state index contributed by atoms with van der Waals surface area (Å²) in [7, 11) is 0. The quantitative estimate of drug-likeness (QED) is 0.247. The Hall–Kier alpha value is -4.18. The standard InChI is InChI=1S/C29H34N4O5S/c1-18(26(36)32-22(16-25(34)35)20-10-12-21(13-11-20)29(2,3)4)31-27(37)23-14-15-24(39-23)33-28(38)30-17-19-8-6-5-7-9-19/h5-15,18,22H,16-17H2,1-4H3,(H,31,37)(H,32,36)(H,34,35)(H2,30,33,38)/t18-,22?/m0/s1. The average molecular weight is 551 g/mol. The summed E-state index contributed by atoms with van der Waals surface area (Å²) in [6.45, 7) is 8.13. The molecule has 3 aromatic rings. The SMILES string of the molecule is C[C@H](NC(=O)c1ccc(NC(=O)NCc2ccccc2)s1)C(=O)NC(CC(=O)O)c1ccc(C(C)(C)C)cc1. The molecule has 0 saturated heterocycles. The van der Waals surface area contributed by atoms with Gasteiger partial charge in [-0.1, -0.05) is 75.4 Å². The summed E-state index contributed by atoms with van der Waals surface area (Å²) in [5, 5.41) is 20.7. The van der Waals surface area contributed by atoms with Gasteiger partial charge in [0.05, 0.1) is 22.3 Å². The molecule has 206 valence electrons. The molecule has 39 heavy (non-hydrogen) atoms. The number of rotatable bonds is 10. The minimum absolute atomic E-state index is 0.0635. The van der Waals surface area contributed by atoms with E-state index < -0.39 is 35.9 Å². The van der Waals surface area contributed by atoms with Gasteiger partial charge in [-0.2, -0.15) is 0 Å². The molecule has 0 saturated carbocycles. The van der Waals surface area contributed by atoms with Crippen molar-refractivity contribution in [3.63, 3.8) is 0 Å². The van der Waals surface area contributed by atoms with Crippen molar-refractivity contribution in [2.24, 2.45) is 0 Å². The van der Waals surface area contributed by atoms with Crippen LogP contribution in [0.15, 0.2) is 66.7 Å². The maximum absolute atomic E-state index is 12.9. The Morgan fingerprint density at radius 1 is 0.897 bits per heavy atom. The summed E-state index contributed by atoms with van der Waals surface area (Å²) >= 11 is 1.07. The van der Waals surface area contributed by atoms with Crippen LogP contribution < -0.4 is 21.3 Å². The second-order valence-corrected chi connectivity index (χ2v) is 11.3. The number of urea groups is 1. The van der Waals surface area contributed by atoms with Gasteiger partial charge in [-0.15, -0.1) is 11.3 Å². The number of aliphatic carboxylic acids is 1. The van der Waals surface area contributed by atoms with Crippen LogP contribution in [-0.4, -0.2) is 35.0 Å². The number of nitrogens with one attached hydrogen (secondary N) is 4. The van der Waals surface area contributed by atoms with Gasteiger partial charge in [-0.25, -0.2) is 4.79 Å². The Balaban J connectivity index is 1.55. The van der Waals surface area contributed by atoms with E-state index >= 15 is 0 Å². The van der Waals surface area contributed by atoms with Crippen LogP contribution in [0.5, 0.6) is 0 Å². The molecular weight excluding hydrogens is 516 g/mol. The summed E-state index contributed by atoms with van der Waals surface area (Å²) in [5.41, 5.74) is 2.65. The first-order valence-electron chi connectivity index (χ1n) is 12.5. The third kappa shape index (κ3) is 8.96. The molecule has 1 unspecified atom stereocenters. The van der Waals surface area contributed by atoms with Crippen molar-refractivity contribution >= 4 is 40.2 Å². The maximum Gasteiger partial charge on any atom is 0.320 e. The van der Waals surface area contributed by atoms with E-state index in [2.05, 4.69) is 42.0 Å². The molecule has 1 heterocycles. The number of benzene rings is 2. The molecule has 0 radical (unpaired) electrons. The highest BCUT2D eigenvalue weighted by Gasteiger charge is 2.24. The molecule has 2 aromatic carbocycles. The number of carboxylic acids is 1. The fourth-order valence-corrected chi connectivity index (χ4v) is 4.54. The normalized spacial score (nSPS) is 12.6. The van der Waals surface area contributed by atoms with E-state index in [9.17, 15) is 24.3 Å². The zero-order valence-corrected chi connectivity index (χ0v) is 23.2. The predicted molar refractivity (Wildman–Crippen MR) is 152 cm³/mol. The molecule has 3 rings (SSSR count). The first-order valence-corrected chi connectivity index (χ1v) is 13.4. The van der Waals surface area contributed by atoms with Crippen molar-refractivity contribution < 1.29 is 24.3 Å². The van der Waals surface area contributed by atoms with Crippen LogP contribution >= 0.6 is 11.3 Å². The van der Waals surface area contributed by atoms with Crippen LogP contribution in [0.25, 0.3) is 0 Å². The lowest BCUT2D eigenvalue weighted by Crippen LogP contribution is -2.46. The third-order valence-electron chi connectivity index (χ3n) is 5.98. The summed E-state index contributed by atoms with van der Waals surface area (Å²) < 4.78 is 0. The van der Waals surface area contributed by atoms with Gasteiger partial charge >= 0.3 is 12.0 Å². The number of thiophene rings is 1. The molecule has 0 spiro atoms. The number of carboxylic acid groups (broad SMARTS) is 1. The first kappa shape index (κ1) is 29.4. The second kappa shape index (κ2) is 13.1. The molecule has 0 aliphatic carbocycles. The average Bonchev–Trinajstić information content (AvgIpc) is 3.35. The van der Waals surface area contributed by atoms with Gasteiger partial charge in [0.1, 0.15) is 6.04 Å². The fraction of sp³-hybridized carbons (Fsp3) is 0.310. The van der Waals surface area contributed by atoms with Crippen LogP contribution in [0.2, 0.25) is 0 Å². The molecule has 10 heteroatoms. The minimum Gasteiger partial charge on any atom is -0.481 e.